The van der Waals surface area contributed by atoms with Crippen LogP contribution in [0.1, 0.15) is 29.3 Å². The van der Waals surface area contributed by atoms with Crippen LogP contribution in [0.2, 0.25) is 0 Å². The molecule has 7 heteroatoms. The summed E-state index contributed by atoms with van der Waals surface area (Å²) in [5, 5.41) is 0. The summed E-state index contributed by atoms with van der Waals surface area (Å²) >= 11 is 0. The lowest BCUT2D eigenvalue weighted by Gasteiger charge is -2.15. The summed E-state index contributed by atoms with van der Waals surface area (Å²) in [6, 6.07) is 5.70. The summed E-state index contributed by atoms with van der Waals surface area (Å²) in [6.07, 6.45) is 0.590. The minimum absolute atomic E-state index is 0.00886. The van der Waals surface area contributed by atoms with E-state index in [-0.39, 0.29) is 13.1 Å². The standard InChI is InChI=1S/C15H16N2O5/c1-3-8-16-12(18)13(19)17(15(16)21)9-10-4-6-11(7-5-10)14(20)22-2/h4-7H,3,8-9H2,1-2H3. The second-order valence-electron chi connectivity index (χ2n) is 4.82. The molecule has 1 aromatic carbocycles. The van der Waals surface area contributed by atoms with Crippen LogP contribution < -0.4 is 0 Å². The van der Waals surface area contributed by atoms with Crippen molar-refractivity contribution < 1.29 is 23.9 Å². The third-order valence-corrected chi connectivity index (χ3v) is 3.30. The van der Waals surface area contributed by atoms with Crippen molar-refractivity contribution >= 4 is 23.8 Å². The molecule has 0 atom stereocenters. The molecule has 2 rings (SSSR count). The zero-order valence-electron chi connectivity index (χ0n) is 12.4. The predicted molar refractivity (Wildman–Crippen MR) is 75.7 cm³/mol. The van der Waals surface area contributed by atoms with E-state index >= 15 is 0 Å². The molecule has 7 nitrogen and oxygen atoms in total. The molecule has 1 saturated heterocycles. The molecule has 0 bridgehead atoms. The van der Waals surface area contributed by atoms with Crippen molar-refractivity contribution in [3.05, 3.63) is 35.4 Å². The van der Waals surface area contributed by atoms with Crippen LogP contribution in [-0.2, 0) is 20.9 Å². The molecule has 22 heavy (non-hydrogen) atoms. The van der Waals surface area contributed by atoms with Gasteiger partial charge >= 0.3 is 23.8 Å². The summed E-state index contributed by atoms with van der Waals surface area (Å²) < 4.78 is 4.59. The van der Waals surface area contributed by atoms with Gasteiger partial charge in [-0.05, 0) is 24.1 Å². The van der Waals surface area contributed by atoms with E-state index in [1.54, 1.807) is 12.1 Å². The maximum absolute atomic E-state index is 12.1. The number of benzene rings is 1. The summed E-state index contributed by atoms with van der Waals surface area (Å²) in [5.74, 6) is -2.09. The minimum Gasteiger partial charge on any atom is -0.465 e. The molecule has 0 spiro atoms. The third kappa shape index (κ3) is 2.83. The van der Waals surface area contributed by atoms with Crippen molar-refractivity contribution in [1.29, 1.82) is 0 Å². The largest absolute Gasteiger partial charge is 0.465 e. The summed E-state index contributed by atoms with van der Waals surface area (Å²) in [4.78, 5) is 48.9. The van der Waals surface area contributed by atoms with E-state index in [4.69, 9.17) is 0 Å². The Hall–Kier alpha value is -2.70. The minimum atomic E-state index is -0.824. The first-order valence-corrected chi connectivity index (χ1v) is 6.84. The molecule has 0 N–H and O–H groups in total. The van der Waals surface area contributed by atoms with Gasteiger partial charge in [-0.3, -0.25) is 19.4 Å². The molecule has 0 unspecified atom stereocenters. The first-order valence-electron chi connectivity index (χ1n) is 6.84. The molecule has 0 radical (unpaired) electrons. The Labute approximate surface area is 127 Å². The maximum atomic E-state index is 12.1. The number of methoxy groups -OCH3 is 1. The second kappa shape index (κ2) is 6.38. The van der Waals surface area contributed by atoms with Crippen molar-refractivity contribution in [1.82, 2.24) is 9.80 Å². The monoisotopic (exact) mass is 304 g/mol. The number of urea groups is 1. The van der Waals surface area contributed by atoms with Gasteiger partial charge in [0.05, 0.1) is 19.2 Å². The lowest BCUT2D eigenvalue weighted by molar-refractivity contribution is -0.143. The van der Waals surface area contributed by atoms with Gasteiger partial charge in [-0.2, -0.15) is 0 Å². The second-order valence-corrected chi connectivity index (χ2v) is 4.82. The Balaban J connectivity index is 2.13. The van der Waals surface area contributed by atoms with Crippen molar-refractivity contribution in [3.63, 3.8) is 0 Å². The van der Waals surface area contributed by atoms with Crippen LogP contribution in [-0.4, -0.2) is 47.3 Å². The van der Waals surface area contributed by atoms with Gasteiger partial charge < -0.3 is 4.74 Å². The number of imide groups is 2. The maximum Gasteiger partial charge on any atom is 0.337 e. The van der Waals surface area contributed by atoms with Gasteiger partial charge in [0.1, 0.15) is 0 Å². The van der Waals surface area contributed by atoms with Gasteiger partial charge in [0.15, 0.2) is 0 Å². The van der Waals surface area contributed by atoms with Gasteiger partial charge in [-0.15, -0.1) is 0 Å². The van der Waals surface area contributed by atoms with Crippen LogP contribution in [0.4, 0.5) is 4.79 Å². The van der Waals surface area contributed by atoms with E-state index in [0.29, 0.717) is 17.5 Å². The van der Waals surface area contributed by atoms with E-state index in [1.165, 1.54) is 19.2 Å². The zero-order chi connectivity index (χ0) is 16.3. The number of hydrogen-bond acceptors (Lipinski definition) is 5. The molecule has 1 aliphatic rings. The van der Waals surface area contributed by atoms with Gasteiger partial charge in [0, 0.05) is 6.54 Å². The van der Waals surface area contributed by atoms with Crippen molar-refractivity contribution in [2.45, 2.75) is 19.9 Å². The molecule has 4 amide bonds. The number of nitrogens with zero attached hydrogens (tertiary/aromatic N) is 2. The number of esters is 1. The van der Waals surface area contributed by atoms with Crippen LogP contribution >= 0.6 is 0 Å². The highest BCUT2D eigenvalue weighted by atomic mass is 16.5. The SMILES string of the molecule is CCCN1C(=O)C(=O)N(Cc2ccc(C(=O)OC)cc2)C1=O. The number of rotatable bonds is 5. The molecule has 116 valence electrons. The fraction of sp³-hybridized carbons (Fsp3) is 0.333. The Morgan fingerprint density at radius 1 is 1.05 bits per heavy atom. The Kier molecular flexibility index (Phi) is 4.55. The molecule has 1 fully saturated rings. The van der Waals surface area contributed by atoms with Gasteiger partial charge in [0.25, 0.3) is 0 Å². The first-order chi connectivity index (χ1) is 10.5. The molecule has 1 aromatic rings. The highest BCUT2D eigenvalue weighted by Gasteiger charge is 2.43. The molecular formula is C15H16N2O5. The molecule has 0 aromatic heterocycles. The molecular weight excluding hydrogens is 288 g/mol. The zero-order valence-corrected chi connectivity index (χ0v) is 12.4. The van der Waals surface area contributed by atoms with Gasteiger partial charge in [0.2, 0.25) is 0 Å². The van der Waals surface area contributed by atoms with E-state index in [0.717, 1.165) is 9.80 Å². The highest BCUT2D eigenvalue weighted by molar-refractivity contribution is 6.44. The highest BCUT2D eigenvalue weighted by Crippen LogP contribution is 2.17. The molecule has 1 heterocycles. The van der Waals surface area contributed by atoms with Crippen LogP contribution in [0.3, 0.4) is 0 Å². The number of amides is 4. The summed E-state index contributed by atoms with van der Waals surface area (Å²) in [6.45, 7) is 2.03. The van der Waals surface area contributed by atoms with Crippen LogP contribution in [0.15, 0.2) is 24.3 Å². The number of carbonyl (C=O) groups excluding carboxylic acids is 4. The molecule has 0 aliphatic carbocycles. The van der Waals surface area contributed by atoms with Gasteiger partial charge in [-0.1, -0.05) is 19.1 Å². The van der Waals surface area contributed by atoms with Gasteiger partial charge in [-0.25, -0.2) is 9.59 Å². The fourth-order valence-electron chi connectivity index (χ4n) is 2.16. The lowest BCUT2D eigenvalue weighted by Crippen LogP contribution is -2.33. The Bertz CT molecular complexity index is 623. The predicted octanol–water partition coefficient (Wildman–Crippen LogP) is 1.17. The summed E-state index contributed by atoms with van der Waals surface area (Å²) in [7, 11) is 1.28. The van der Waals surface area contributed by atoms with Crippen LogP contribution in [0.25, 0.3) is 0 Å². The third-order valence-electron chi connectivity index (χ3n) is 3.30. The number of carbonyl (C=O) groups is 4. The fourth-order valence-corrected chi connectivity index (χ4v) is 2.16. The normalized spacial score (nSPS) is 14.7. The lowest BCUT2D eigenvalue weighted by atomic mass is 10.1. The van der Waals surface area contributed by atoms with E-state index < -0.39 is 23.8 Å². The average molecular weight is 304 g/mol. The van der Waals surface area contributed by atoms with Crippen molar-refractivity contribution in [2.24, 2.45) is 0 Å². The Morgan fingerprint density at radius 3 is 2.18 bits per heavy atom. The molecule has 0 saturated carbocycles. The van der Waals surface area contributed by atoms with E-state index in [2.05, 4.69) is 4.74 Å². The van der Waals surface area contributed by atoms with Crippen LogP contribution in [0.5, 0.6) is 0 Å². The van der Waals surface area contributed by atoms with Crippen LogP contribution in [0, 0.1) is 0 Å². The van der Waals surface area contributed by atoms with Crippen molar-refractivity contribution in [3.8, 4) is 0 Å². The number of hydrogen-bond donors (Lipinski definition) is 0. The Morgan fingerprint density at radius 2 is 1.64 bits per heavy atom. The quantitative estimate of drug-likeness (QED) is 0.463. The molecule has 1 aliphatic heterocycles. The van der Waals surface area contributed by atoms with E-state index in [9.17, 15) is 19.2 Å². The van der Waals surface area contributed by atoms with Crippen molar-refractivity contribution in [2.75, 3.05) is 13.7 Å². The topological polar surface area (TPSA) is 84.0 Å². The first kappa shape index (κ1) is 15.7. The summed E-state index contributed by atoms with van der Waals surface area (Å²) in [5.41, 5.74) is 1.01. The van der Waals surface area contributed by atoms with E-state index in [1.807, 2.05) is 6.92 Å². The smallest absolute Gasteiger partial charge is 0.337 e. The average Bonchev–Trinajstić information content (AvgIpc) is 2.73. The number of ether oxygens (including phenoxy) is 1.